The topological polar surface area (TPSA) is 138 Å². The molecule has 30 heavy (non-hydrogen) atoms. The molecule has 1 aromatic heterocycles. The summed E-state index contributed by atoms with van der Waals surface area (Å²) < 4.78 is 10.7. The summed E-state index contributed by atoms with van der Waals surface area (Å²) >= 11 is 0. The molecule has 0 saturated carbocycles. The molecule has 0 spiro atoms. The number of benzene rings is 1. The zero-order valence-electron chi connectivity index (χ0n) is 16.6. The Morgan fingerprint density at radius 1 is 1.20 bits per heavy atom. The van der Waals surface area contributed by atoms with Crippen LogP contribution in [0.4, 0.5) is 0 Å². The Balaban J connectivity index is 1.59. The summed E-state index contributed by atoms with van der Waals surface area (Å²) in [5, 5.41) is 22.5. The van der Waals surface area contributed by atoms with Crippen LogP contribution in [0, 0.1) is 0 Å². The number of nitrogens with zero attached hydrogens (tertiary/aromatic N) is 1. The van der Waals surface area contributed by atoms with Crippen molar-refractivity contribution in [3.63, 3.8) is 0 Å². The number of ether oxygens (including phenoxy) is 1. The van der Waals surface area contributed by atoms with Crippen LogP contribution in [0.15, 0.2) is 40.8 Å². The smallest absolute Gasteiger partial charge is 0.255 e. The first-order valence-corrected chi connectivity index (χ1v) is 9.85. The van der Waals surface area contributed by atoms with E-state index in [0.29, 0.717) is 36.6 Å². The molecule has 1 aromatic carbocycles. The average molecular weight is 417 g/mol. The number of carbonyl (C=O) groups excluding carboxylic acids is 2. The maximum atomic E-state index is 12.7. The number of nitrogens with one attached hydrogen (secondary N) is 1. The van der Waals surface area contributed by atoms with Gasteiger partial charge >= 0.3 is 0 Å². The summed E-state index contributed by atoms with van der Waals surface area (Å²) in [6.07, 6.45) is 0.732. The second-order valence-corrected chi connectivity index (χ2v) is 7.33. The summed E-state index contributed by atoms with van der Waals surface area (Å²) in [7, 11) is 0. The molecule has 0 radical (unpaired) electrons. The molecule has 0 bridgehead atoms. The van der Waals surface area contributed by atoms with Gasteiger partial charge in [-0.25, -0.2) is 0 Å². The number of hydrogen-bond donors (Lipinski definition) is 4. The molecule has 2 aromatic rings. The van der Waals surface area contributed by atoms with Gasteiger partial charge in [-0.1, -0.05) is 0 Å². The van der Waals surface area contributed by atoms with Crippen molar-refractivity contribution in [1.82, 2.24) is 10.2 Å². The van der Waals surface area contributed by atoms with Gasteiger partial charge in [0.15, 0.2) is 6.61 Å². The maximum absolute atomic E-state index is 12.7. The predicted octanol–water partition coefficient (Wildman–Crippen LogP) is 0.391. The summed E-state index contributed by atoms with van der Waals surface area (Å²) in [5.74, 6) is 0.792. The number of aliphatic hydroxyl groups is 2. The average Bonchev–Trinajstić information content (AvgIpc) is 3.12. The van der Waals surface area contributed by atoms with Crippen molar-refractivity contribution in [3.8, 4) is 5.75 Å². The van der Waals surface area contributed by atoms with Gasteiger partial charge < -0.3 is 30.4 Å². The number of amides is 2. The van der Waals surface area contributed by atoms with Crippen LogP contribution in [0.1, 0.15) is 34.7 Å². The lowest BCUT2D eigenvalue weighted by atomic mass is 10.1. The van der Waals surface area contributed by atoms with E-state index >= 15 is 0 Å². The minimum Gasteiger partial charge on any atom is -0.484 e. The lowest BCUT2D eigenvalue weighted by Crippen LogP contribution is -2.48. The molecular weight excluding hydrogens is 390 g/mol. The van der Waals surface area contributed by atoms with Crippen molar-refractivity contribution in [2.45, 2.75) is 38.1 Å². The maximum Gasteiger partial charge on any atom is 0.255 e. The number of rotatable bonds is 8. The minimum atomic E-state index is -0.651. The van der Waals surface area contributed by atoms with Gasteiger partial charge in [0.05, 0.1) is 18.7 Å². The van der Waals surface area contributed by atoms with Gasteiger partial charge in [0.2, 0.25) is 0 Å². The molecule has 1 aliphatic heterocycles. The first kappa shape index (κ1) is 21.8. The second kappa shape index (κ2) is 10.2. The molecule has 2 heterocycles. The summed E-state index contributed by atoms with van der Waals surface area (Å²) in [6.45, 7) is 1.40. The van der Waals surface area contributed by atoms with Gasteiger partial charge in [0.1, 0.15) is 23.9 Å². The molecule has 2 atom stereocenters. The normalized spacial score (nSPS) is 19.8. The first-order valence-electron chi connectivity index (χ1n) is 9.85. The molecule has 9 nitrogen and oxygen atoms in total. The summed E-state index contributed by atoms with van der Waals surface area (Å²) in [4.78, 5) is 25.5. The van der Waals surface area contributed by atoms with Crippen LogP contribution < -0.4 is 15.8 Å². The molecule has 2 unspecified atom stereocenters. The molecule has 3 rings (SSSR count). The Labute approximate surface area is 174 Å². The lowest BCUT2D eigenvalue weighted by Gasteiger charge is -2.26. The van der Waals surface area contributed by atoms with Crippen molar-refractivity contribution in [2.75, 3.05) is 19.7 Å². The molecule has 5 N–H and O–H groups in total. The van der Waals surface area contributed by atoms with Crippen LogP contribution in [-0.2, 0) is 17.9 Å². The van der Waals surface area contributed by atoms with Crippen molar-refractivity contribution in [1.29, 1.82) is 0 Å². The van der Waals surface area contributed by atoms with E-state index in [-0.39, 0.29) is 19.1 Å². The molecule has 9 heteroatoms. The number of primary amides is 1. The van der Waals surface area contributed by atoms with Crippen LogP contribution in [0.5, 0.6) is 5.75 Å². The third-order valence-electron chi connectivity index (χ3n) is 4.96. The highest BCUT2D eigenvalue weighted by Gasteiger charge is 2.27. The van der Waals surface area contributed by atoms with Crippen molar-refractivity contribution in [3.05, 3.63) is 53.5 Å². The standard InChI is InChI=1S/C21H27N3O6/c22-20(27)13-29-15-5-3-14(4-6-15)21(28)23-18-11-24(9-1-2-19(18)26)10-16-7-8-17(12-25)30-16/h3-8,18-19,25-26H,1-2,9-13H2,(H2,22,27)(H,23,28). The van der Waals surface area contributed by atoms with E-state index in [1.807, 2.05) is 6.07 Å². The highest BCUT2D eigenvalue weighted by molar-refractivity contribution is 5.94. The van der Waals surface area contributed by atoms with Gasteiger partial charge in [-0.2, -0.15) is 0 Å². The largest absolute Gasteiger partial charge is 0.484 e. The third-order valence-corrected chi connectivity index (χ3v) is 4.96. The van der Waals surface area contributed by atoms with Gasteiger partial charge in [-0.3, -0.25) is 14.5 Å². The van der Waals surface area contributed by atoms with E-state index in [0.717, 1.165) is 18.7 Å². The van der Waals surface area contributed by atoms with Gasteiger partial charge in [-0.15, -0.1) is 0 Å². The Bertz CT molecular complexity index is 851. The zero-order valence-corrected chi connectivity index (χ0v) is 16.6. The lowest BCUT2D eigenvalue weighted by molar-refractivity contribution is -0.119. The highest BCUT2D eigenvalue weighted by atomic mass is 16.5. The SMILES string of the molecule is NC(=O)COc1ccc(C(=O)NC2CN(Cc3ccc(CO)o3)CCCC2O)cc1. The van der Waals surface area contributed by atoms with E-state index in [4.69, 9.17) is 20.0 Å². The van der Waals surface area contributed by atoms with Gasteiger partial charge in [0.25, 0.3) is 11.8 Å². The van der Waals surface area contributed by atoms with Crippen molar-refractivity contribution >= 4 is 11.8 Å². The second-order valence-electron chi connectivity index (χ2n) is 7.33. The Morgan fingerprint density at radius 2 is 1.93 bits per heavy atom. The molecular formula is C21H27N3O6. The Kier molecular flexibility index (Phi) is 7.45. The van der Waals surface area contributed by atoms with E-state index in [1.165, 1.54) is 0 Å². The zero-order chi connectivity index (χ0) is 21.5. The number of likely N-dealkylation sites (tertiary alicyclic amines) is 1. The fraction of sp³-hybridized carbons (Fsp3) is 0.429. The van der Waals surface area contributed by atoms with Crippen molar-refractivity contribution < 1.29 is 29.0 Å². The summed E-state index contributed by atoms with van der Waals surface area (Å²) in [5.41, 5.74) is 5.46. The molecule has 0 aliphatic carbocycles. The van der Waals surface area contributed by atoms with E-state index in [9.17, 15) is 14.7 Å². The predicted molar refractivity (Wildman–Crippen MR) is 108 cm³/mol. The fourth-order valence-electron chi connectivity index (χ4n) is 3.42. The monoisotopic (exact) mass is 417 g/mol. The van der Waals surface area contributed by atoms with Crippen LogP contribution in [0.3, 0.4) is 0 Å². The molecule has 1 aliphatic rings. The number of carbonyl (C=O) groups is 2. The van der Waals surface area contributed by atoms with E-state index < -0.39 is 18.1 Å². The van der Waals surface area contributed by atoms with Crippen LogP contribution in [0.2, 0.25) is 0 Å². The highest BCUT2D eigenvalue weighted by Crippen LogP contribution is 2.18. The summed E-state index contributed by atoms with van der Waals surface area (Å²) in [6, 6.07) is 9.48. The van der Waals surface area contributed by atoms with Crippen LogP contribution in [-0.4, -0.2) is 58.8 Å². The van der Waals surface area contributed by atoms with Gasteiger partial charge in [0, 0.05) is 12.1 Å². The van der Waals surface area contributed by atoms with E-state index in [2.05, 4.69) is 10.2 Å². The van der Waals surface area contributed by atoms with E-state index in [1.54, 1.807) is 30.3 Å². The van der Waals surface area contributed by atoms with Crippen molar-refractivity contribution in [2.24, 2.45) is 5.73 Å². The molecule has 1 fully saturated rings. The Hall–Kier alpha value is -2.88. The van der Waals surface area contributed by atoms with Gasteiger partial charge in [-0.05, 0) is 55.8 Å². The third kappa shape index (κ3) is 6.06. The first-order chi connectivity index (χ1) is 14.4. The quantitative estimate of drug-likeness (QED) is 0.487. The molecule has 1 saturated heterocycles. The molecule has 2 amide bonds. The van der Waals surface area contributed by atoms with Crippen LogP contribution in [0.25, 0.3) is 0 Å². The minimum absolute atomic E-state index is 0.149. The Morgan fingerprint density at radius 3 is 2.60 bits per heavy atom. The number of furan rings is 1. The number of aliphatic hydroxyl groups excluding tert-OH is 2. The number of hydrogen-bond acceptors (Lipinski definition) is 7. The fourth-order valence-corrected chi connectivity index (χ4v) is 3.42. The molecule has 162 valence electrons. The number of nitrogens with two attached hydrogens (primary N) is 1. The van der Waals surface area contributed by atoms with Crippen LogP contribution >= 0.6 is 0 Å².